The normalized spacial score (nSPS) is 29.9. The van der Waals surface area contributed by atoms with Crippen LogP contribution in [0.5, 0.6) is 0 Å². The first kappa shape index (κ1) is 15.7. The number of rotatable bonds is 5. The molecule has 2 rings (SSSR count). The van der Waals surface area contributed by atoms with Crippen molar-refractivity contribution in [3.8, 4) is 0 Å². The van der Waals surface area contributed by atoms with E-state index in [1.165, 1.54) is 0 Å². The summed E-state index contributed by atoms with van der Waals surface area (Å²) in [7, 11) is 4.35. The molecule has 20 heavy (non-hydrogen) atoms. The first-order valence-electron chi connectivity index (χ1n) is 8.02. The zero-order valence-corrected chi connectivity index (χ0v) is 13.3. The molecule has 0 aromatic heterocycles. The Morgan fingerprint density at radius 1 is 1.25 bits per heavy atom. The van der Waals surface area contributed by atoms with Gasteiger partial charge in [0.25, 0.3) is 0 Å². The third-order valence-corrected chi connectivity index (χ3v) is 4.58. The number of hydrogen-bond donors (Lipinski definition) is 1. The van der Waals surface area contributed by atoms with Gasteiger partial charge in [-0.2, -0.15) is 0 Å². The van der Waals surface area contributed by atoms with E-state index in [9.17, 15) is 4.79 Å². The zero-order chi connectivity index (χ0) is 14.5. The average Bonchev–Trinajstić information content (AvgIpc) is 2.44. The molecule has 2 saturated heterocycles. The lowest BCUT2D eigenvalue weighted by molar-refractivity contribution is -0.137. The van der Waals surface area contributed by atoms with Crippen molar-refractivity contribution in [1.82, 2.24) is 20.0 Å². The van der Waals surface area contributed by atoms with Gasteiger partial charge in [-0.15, -0.1) is 0 Å². The first-order chi connectivity index (χ1) is 9.61. The van der Waals surface area contributed by atoms with Crippen LogP contribution >= 0.6 is 0 Å². The largest absolute Gasteiger partial charge is 0.340 e. The van der Waals surface area contributed by atoms with Gasteiger partial charge in [0.05, 0.1) is 6.04 Å². The fraction of sp³-hybridized carbons (Fsp3) is 0.933. The van der Waals surface area contributed by atoms with E-state index in [1.807, 2.05) is 0 Å². The van der Waals surface area contributed by atoms with Gasteiger partial charge in [0.15, 0.2) is 0 Å². The van der Waals surface area contributed by atoms with Crippen LogP contribution in [0.2, 0.25) is 0 Å². The Morgan fingerprint density at radius 3 is 2.80 bits per heavy atom. The van der Waals surface area contributed by atoms with E-state index in [0.29, 0.717) is 11.9 Å². The third-order valence-electron chi connectivity index (χ3n) is 4.58. The van der Waals surface area contributed by atoms with Crippen LogP contribution in [0, 0.1) is 0 Å². The summed E-state index contributed by atoms with van der Waals surface area (Å²) in [5.74, 6) is 0.311. The fourth-order valence-electron chi connectivity index (χ4n) is 3.18. The lowest BCUT2D eigenvalue weighted by Gasteiger charge is -2.42. The molecule has 0 saturated carbocycles. The van der Waals surface area contributed by atoms with Crippen LogP contribution in [0.3, 0.4) is 0 Å². The summed E-state index contributed by atoms with van der Waals surface area (Å²) in [5.41, 5.74) is 0. The van der Waals surface area contributed by atoms with Gasteiger partial charge >= 0.3 is 0 Å². The third kappa shape index (κ3) is 3.93. The molecule has 2 atom stereocenters. The first-order valence-corrected chi connectivity index (χ1v) is 8.02. The Labute approximate surface area is 123 Å². The van der Waals surface area contributed by atoms with Crippen LogP contribution in [-0.4, -0.2) is 86.1 Å². The van der Waals surface area contributed by atoms with Crippen LogP contribution in [0.4, 0.5) is 0 Å². The minimum atomic E-state index is 0.0512. The van der Waals surface area contributed by atoms with Crippen molar-refractivity contribution in [1.29, 1.82) is 0 Å². The molecule has 116 valence electrons. The quantitative estimate of drug-likeness (QED) is 0.783. The second kappa shape index (κ2) is 7.38. The lowest BCUT2D eigenvalue weighted by Crippen LogP contribution is -2.58. The molecule has 1 N–H and O–H groups in total. The van der Waals surface area contributed by atoms with Crippen molar-refractivity contribution in [2.24, 2.45) is 0 Å². The second-order valence-electron chi connectivity index (χ2n) is 6.33. The van der Waals surface area contributed by atoms with Gasteiger partial charge in [0.1, 0.15) is 0 Å². The van der Waals surface area contributed by atoms with Crippen LogP contribution in [0.15, 0.2) is 0 Å². The number of piperazine rings is 1. The molecule has 1 amide bonds. The van der Waals surface area contributed by atoms with Gasteiger partial charge in [-0.05, 0) is 39.9 Å². The highest BCUT2D eigenvalue weighted by atomic mass is 16.2. The standard InChI is InChI=1S/C15H30N4O/c1-4-7-16-14-6-5-8-19(15(14)20)12-13-11-17(2)9-10-18(13)3/h13-14,16H,4-12H2,1-3H3. The molecule has 0 bridgehead atoms. The summed E-state index contributed by atoms with van der Waals surface area (Å²) in [6.07, 6.45) is 3.20. The van der Waals surface area contributed by atoms with Crippen molar-refractivity contribution < 1.29 is 4.79 Å². The molecular formula is C15H30N4O. The predicted molar refractivity (Wildman–Crippen MR) is 81.8 cm³/mol. The number of amides is 1. The molecule has 2 aliphatic heterocycles. The number of nitrogens with one attached hydrogen (secondary N) is 1. The molecule has 2 heterocycles. The lowest BCUT2D eigenvalue weighted by atomic mass is 10.0. The summed E-state index contributed by atoms with van der Waals surface area (Å²) in [6.45, 7) is 8.18. The summed E-state index contributed by atoms with van der Waals surface area (Å²) >= 11 is 0. The van der Waals surface area contributed by atoms with E-state index in [4.69, 9.17) is 0 Å². The molecule has 5 nitrogen and oxygen atoms in total. The van der Waals surface area contributed by atoms with E-state index in [1.54, 1.807) is 0 Å². The van der Waals surface area contributed by atoms with Gasteiger partial charge in [-0.25, -0.2) is 0 Å². The predicted octanol–water partition coefficient (Wildman–Crippen LogP) is 0.223. The second-order valence-corrected chi connectivity index (χ2v) is 6.33. The average molecular weight is 282 g/mol. The summed E-state index contributed by atoms with van der Waals surface area (Å²) in [5, 5.41) is 3.39. The summed E-state index contributed by atoms with van der Waals surface area (Å²) in [6, 6.07) is 0.526. The highest BCUT2D eigenvalue weighted by Crippen LogP contribution is 2.15. The Balaban J connectivity index is 1.89. The van der Waals surface area contributed by atoms with E-state index in [-0.39, 0.29) is 6.04 Å². The highest BCUT2D eigenvalue weighted by Gasteiger charge is 2.31. The Hall–Kier alpha value is -0.650. The molecule has 0 aromatic carbocycles. The number of carbonyl (C=O) groups is 1. The number of likely N-dealkylation sites (N-methyl/N-ethyl adjacent to an activating group) is 2. The topological polar surface area (TPSA) is 38.8 Å². The molecule has 0 aromatic rings. The molecule has 0 radical (unpaired) electrons. The zero-order valence-electron chi connectivity index (χ0n) is 13.3. The van der Waals surface area contributed by atoms with E-state index >= 15 is 0 Å². The minimum Gasteiger partial charge on any atom is -0.340 e. The maximum absolute atomic E-state index is 12.5. The van der Waals surface area contributed by atoms with Crippen molar-refractivity contribution >= 4 is 5.91 Å². The molecule has 5 heteroatoms. The van der Waals surface area contributed by atoms with Crippen LogP contribution in [0.25, 0.3) is 0 Å². The Kier molecular flexibility index (Phi) is 5.81. The van der Waals surface area contributed by atoms with Crippen molar-refractivity contribution in [2.45, 2.75) is 38.3 Å². The maximum atomic E-state index is 12.5. The van der Waals surface area contributed by atoms with E-state index in [2.05, 4.69) is 41.0 Å². The molecule has 2 aliphatic rings. The van der Waals surface area contributed by atoms with Gasteiger partial charge in [-0.3, -0.25) is 9.69 Å². The van der Waals surface area contributed by atoms with E-state index < -0.39 is 0 Å². The molecule has 2 unspecified atom stereocenters. The minimum absolute atomic E-state index is 0.0512. The SMILES string of the molecule is CCCNC1CCCN(CC2CN(C)CCN2C)C1=O. The highest BCUT2D eigenvalue weighted by molar-refractivity contribution is 5.82. The van der Waals surface area contributed by atoms with Crippen LogP contribution < -0.4 is 5.32 Å². The summed E-state index contributed by atoms with van der Waals surface area (Å²) in [4.78, 5) is 19.4. The number of likely N-dealkylation sites (tertiary alicyclic amines) is 1. The van der Waals surface area contributed by atoms with Crippen molar-refractivity contribution in [3.63, 3.8) is 0 Å². The maximum Gasteiger partial charge on any atom is 0.239 e. The van der Waals surface area contributed by atoms with Gasteiger partial charge in [0, 0.05) is 38.8 Å². The molecular weight excluding hydrogens is 252 g/mol. The van der Waals surface area contributed by atoms with E-state index in [0.717, 1.165) is 58.5 Å². The van der Waals surface area contributed by atoms with Crippen LogP contribution in [0.1, 0.15) is 26.2 Å². The van der Waals surface area contributed by atoms with Crippen LogP contribution in [-0.2, 0) is 4.79 Å². The monoisotopic (exact) mass is 282 g/mol. The number of carbonyl (C=O) groups excluding carboxylic acids is 1. The Bertz CT molecular complexity index is 323. The fourth-order valence-corrected chi connectivity index (χ4v) is 3.18. The molecule has 0 spiro atoms. The molecule has 2 fully saturated rings. The van der Waals surface area contributed by atoms with Gasteiger partial charge in [-0.1, -0.05) is 6.92 Å². The van der Waals surface area contributed by atoms with Gasteiger partial charge in [0.2, 0.25) is 5.91 Å². The smallest absolute Gasteiger partial charge is 0.239 e. The van der Waals surface area contributed by atoms with Gasteiger partial charge < -0.3 is 15.1 Å². The number of hydrogen-bond acceptors (Lipinski definition) is 4. The van der Waals surface area contributed by atoms with Crippen molar-refractivity contribution in [3.05, 3.63) is 0 Å². The molecule has 0 aliphatic carbocycles. The summed E-state index contributed by atoms with van der Waals surface area (Å²) < 4.78 is 0. The Morgan fingerprint density at radius 2 is 2.05 bits per heavy atom. The number of nitrogens with zero attached hydrogens (tertiary/aromatic N) is 3. The number of piperidine rings is 1. The van der Waals surface area contributed by atoms with Crippen molar-refractivity contribution in [2.75, 3.05) is 53.4 Å².